The summed E-state index contributed by atoms with van der Waals surface area (Å²) in [4.78, 5) is 33.6. The molecule has 0 saturated carbocycles. The van der Waals surface area contributed by atoms with E-state index in [9.17, 15) is 9.59 Å². The number of aromatic nitrogens is 2. The van der Waals surface area contributed by atoms with Gasteiger partial charge in [0.05, 0.1) is 26.1 Å². The number of methoxy groups -OCH3 is 2. The highest BCUT2D eigenvalue weighted by atomic mass is 16.5. The summed E-state index contributed by atoms with van der Waals surface area (Å²) in [7, 11) is 3.13. The minimum absolute atomic E-state index is 0.212. The van der Waals surface area contributed by atoms with E-state index in [0.29, 0.717) is 36.6 Å². The molecule has 28 heavy (non-hydrogen) atoms. The first-order valence-electron chi connectivity index (χ1n) is 8.85. The number of hydrogen-bond acceptors (Lipinski definition) is 6. The largest absolute Gasteiger partial charge is 0.497 e. The number of carbonyl (C=O) groups excluding carboxylic acids is 2. The second-order valence-electron chi connectivity index (χ2n) is 6.23. The SMILES string of the molecule is COc1ccc(OC)c(/C=C/C(=O)N2CCCN2C(=O)c2cnc(C)cn2)c1. The predicted octanol–water partition coefficient (Wildman–Crippen LogP) is 2.11. The third-order valence-electron chi connectivity index (χ3n) is 4.36. The molecule has 0 atom stereocenters. The summed E-state index contributed by atoms with van der Waals surface area (Å²) >= 11 is 0. The summed E-state index contributed by atoms with van der Waals surface area (Å²) in [6.45, 7) is 2.71. The second kappa shape index (κ2) is 8.51. The highest BCUT2D eigenvalue weighted by molar-refractivity contribution is 5.97. The number of nitrogens with zero attached hydrogens (tertiary/aromatic N) is 4. The van der Waals surface area contributed by atoms with Crippen molar-refractivity contribution in [1.29, 1.82) is 0 Å². The maximum Gasteiger partial charge on any atom is 0.292 e. The van der Waals surface area contributed by atoms with Crippen LogP contribution >= 0.6 is 0 Å². The molecule has 2 heterocycles. The lowest BCUT2D eigenvalue weighted by Gasteiger charge is -2.26. The van der Waals surface area contributed by atoms with Gasteiger partial charge in [0.2, 0.25) is 0 Å². The number of amides is 2. The molecule has 0 radical (unpaired) electrons. The molecule has 0 bridgehead atoms. The van der Waals surface area contributed by atoms with Crippen LogP contribution in [0.3, 0.4) is 0 Å². The van der Waals surface area contributed by atoms with Crippen LogP contribution in [0.1, 0.15) is 28.2 Å². The molecule has 1 aliphatic rings. The van der Waals surface area contributed by atoms with Crippen molar-refractivity contribution < 1.29 is 19.1 Å². The number of rotatable bonds is 5. The fourth-order valence-corrected chi connectivity index (χ4v) is 2.90. The normalized spacial score (nSPS) is 13.8. The summed E-state index contributed by atoms with van der Waals surface area (Å²) in [6, 6.07) is 5.32. The van der Waals surface area contributed by atoms with Crippen molar-refractivity contribution in [2.75, 3.05) is 27.3 Å². The summed E-state index contributed by atoms with van der Waals surface area (Å²) < 4.78 is 10.5. The van der Waals surface area contributed by atoms with Crippen molar-refractivity contribution in [1.82, 2.24) is 20.0 Å². The van der Waals surface area contributed by atoms with Gasteiger partial charge in [-0.3, -0.25) is 14.6 Å². The molecule has 1 saturated heterocycles. The van der Waals surface area contributed by atoms with Crippen LogP contribution < -0.4 is 9.47 Å². The van der Waals surface area contributed by atoms with E-state index in [0.717, 1.165) is 5.69 Å². The van der Waals surface area contributed by atoms with Gasteiger partial charge in [0.25, 0.3) is 11.8 Å². The summed E-state index contributed by atoms with van der Waals surface area (Å²) in [5, 5.41) is 2.84. The molecule has 0 aliphatic carbocycles. The number of hydrazine groups is 1. The van der Waals surface area contributed by atoms with Gasteiger partial charge in [-0.1, -0.05) is 0 Å². The number of hydrogen-bond donors (Lipinski definition) is 0. The topological polar surface area (TPSA) is 84.9 Å². The van der Waals surface area contributed by atoms with Crippen molar-refractivity contribution in [2.24, 2.45) is 0 Å². The first-order chi connectivity index (χ1) is 13.5. The fraction of sp³-hybridized carbons (Fsp3) is 0.300. The Balaban J connectivity index is 1.77. The van der Waals surface area contributed by atoms with Crippen molar-refractivity contribution in [2.45, 2.75) is 13.3 Å². The van der Waals surface area contributed by atoms with E-state index in [-0.39, 0.29) is 17.5 Å². The molecule has 8 nitrogen and oxygen atoms in total. The van der Waals surface area contributed by atoms with E-state index in [1.165, 1.54) is 28.5 Å². The van der Waals surface area contributed by atoms with E-state index in [1.807, 2.05) is 0 Å². The first-order valence-corrected chi connectivity index (χ1v) is 8.85. The highest BCUT2D eigenvalue weighted by Crippen LogP contribution is 2.25. The lowest BCUT2D eigenvalue weighted by atomic mass is 10.1. The zero-order chi connectivity index (χ0) is 20.1. The molecule has 1 aromatic carbocycles. The average molecular weight is 382 g/mol. The minimum atomic E-state index is -0.342. The van der Waals surface area contributed by atoms with Crippen LogP contribution in [0.15, 0.2) is 36.7 Å². The Bertz CT molecular complexity index is 896. The summed E-state index contributed by atoms with van der Waals surface area (Å²) in [6.07, 6.45) is 6.73. The monoisotopic (exact) mass is 382 g/mol. The second-order valence-corrected chi connectivity index (χ2v) is 6.23. The average Bonchev–Trinajstić information content (AvgIpc) is 3.21. The van der Waals surface area contributed by atoms with Gasteiger partial charge in [0, 0.05) is 30.9 Å². The Hall–Kier alpha value is -3.42. The number of ether oxygens (including phenoxy) is 2. The third-order valence-corrected chi connectivity index (χ3v) is 4.36. The highest BCUT2D eigenvalue weighted by Gasteiger charge is 2.31. The molecular weight excluding hydrogens is 360 g/mol. The Labute approximate surface area is 163 Å². The van der Waals surface area contributed by atoms with Crippen molar-refractivity contribution in [3.8, 4) is 11.5 Å². The number of aryl methyl sites for hydroxylation is 1. The predicted molar refractivity (Wildman–Crippen MR) is 103 cm³/mol. The molecule has 0 unspecified atom stereocenters. The molecule has 2 amide bonds. The van der Waals surface area contributed by atoms with Crippen molar-refractivity contribution in [3.05, 3.63) is 53.6 Å². The van der Waals surface area contributed by atoms with E-state index in [2.05, 4.69) is 9.97 Å². The third kappa shape index (κ3) is 4.11. The Morgan fingerprint density at radius 3 is 2.54 bits per heavy atom. The molecule has 1 aromatic heterocycles. The molecular formula is C20H22N4O4. The number of carbonyl (C=O) groups is 2. The fourth-order valence-electron chi connectivity index (χ4n) is 2.90. The Kier molecular flexibility index (Phi) is 5.88. The van der Waals surface area contributed by atoms with Gasteiger partial charge in [-0.15, -0.1) is 0 Å². The van der Waals surface area contributed by atoms with Crippen LogP contribution in [0.25, 0.3) is 6.08 Å². The van der Waals surface area contributed by atoms with Gasteiger partial charge in [-0.05, 0) is 37.6 Å². The van der Waals surface area contributed by atoms with Crippen LogP contribution in [-0.2, 0) is 4.79 Å². The number of benzene rings is 1. The van der Waals surface area contributed by atoms with Crippen LogP contribution in [0.4, 0.5) is 0 Å². The molecule has 3 rings (SSSR count). The Morgan fingerprint density at radius 2 is 1.86 bits per heavy atom. The zero-order valence-corrected chi connectivity index (χ0v) is 16.1. The molecule has 0 N–H and O–H groups in total. The van der Waals surface area contributed by atoms with Crippen LogP contribution in [0.2, 0.25) is 0 Å². The molecule has 2 aromatic rings. The smallest absolute Gasteiger partial charge is 0.292 e. The van der Waals surface area contributed by atoms with Gasteiger partial charge in [-0.2, -0.15) is 0 Å². The van der Waals surface area contributed by atoms with Crippen LogP contribution in [0, 0.1) is 6.92 Å². The summed E-state index contributed by atoms with van der Waals surface area (Å²) in [5.41, 5.74) is 1.64. The quantitative estimate of drug-likeness (QED) is 0.737. The lowest BCUT2D eigenvalue weighted by molar-refractivity contribution is -0.134. The maximum absolute atomic E-state index is 12.7. The molecule has 0 spiro atoms. The van der Waals surface area contributed by atoms with Crippen LogP contribution in [-0.4, -0.2) is 59.1 Å². The van der Waals surface area contributed by atoms with Crippen LogP contribution in [0.5, 0.6) is 11.5 Å². The minimum Gasteiger partial charge on any atom is -0.497 e. The van der Waals surface area contributed by atoms with E-state index >= 15 is 0 Å². The molecule has 1 aliphatic heterocycles. The lowest BCUT2D eigenvalue weighted by Crippen LogP contribution is -2.44. The molecule has 1 fully saturated rings. The van der Waals surface area contributed by atoms with E-state index < -0.39 is 0 Å². The first kappa shape index (κ1) is 19.3. The van der Waals surface area contributed by atoms with Gasteiger partial charge >= 0.3 is 0 Å². The molecule has 8 heteroatoms. The van der Waals surface area contributed by atoms with Gasteiger partial charge in [0.1, 0.15) is 17.2 Å². The Morgan fingerprint density at radius 1 is 1.07 bits per heavy atom. The maximum atomic E-state index is 12.7. The van der Waals surface area contributed by atoms with Crippen molar-refractivity contribution >= 4 is 17.9 Å². The van der Waals surface area contributed by atoms with Gasteiger partial charge in [0.15, 0.2) is 0 Å². The summed E-state index contributed by atoms with van der Waals surface area (Å²) in [5.74, 6) is 0.638. The van der Waals surface area contributed by atoms with E-state index in [1.54, 1.807) is 45.4 Å². The molecule has 146 valence electrons. The van der Waals surface area contributed by atoms with Gasteiger partial charge < -0.3 is 9.47 Å². The van der Waals surface area contributed by atoms with Crippen molar-refractivity contribution in [3.63, 3.8) is 0 Å². The van der Waals surface area contributed by atoms with Gasteiger partial charge in [-0.25, -0.2) is 15.0 Å². The standard InChI is InChI=1S/C20H22N4O4/c1-14-12-22-17(13-21-14)20(26)24-10-4-9-23(24)19(25)8-5-15-11-16(27-2)6-7-18(15)28-3/h5-8,11-13H,4,9-10H2,1-3H3/b8-5+. The zero-order valence-electron chi connectivity index (χ0n) is 16.1. The van der Waals surface area contributed by atoms with E-state index in [4.69, 9.17) is 9.47 Å².